The third-order valence-corrected chi connectivity index (χ3v) is 4.17. The van der Waals surface area contributed by atoms with E-state index in [0.29, 0.717) is 12.4 Å². The van der Waals surface area contributed by atoms with E-state index < -0.39 is 0 Å². The van der Waals surface area contributed by atoms with E-state index in [1.165, 1.54) is 16.3 Å². The summed E-state index contributed by atoms with van der Waals surface area (Å²) in [4.78, 5) is 3.41. The Morgan fingerprint density at radius 3 is 2.59 bits per heavy atom. The predicted molar refractivity (Wildman–Crippen MR) is 97.0 cm³/mol. The number of allylic oxidation sites excluding steroid dienone is 1. The minimum atomic E-state index is 0.623. The standard InChI is InChI=1S/C19H21NOS/c1-4-16(2)21-13-14-22-19-12-8-11-18(15-19)20(3)17-9-6-5-7-10-17/h4-12,15H,1-2,13-14H2,3H3. The van der Waals surface area contributed by atoms with Gasteiger partial charge in [-0.3, -0.25) is 0 Å². The lowest BCUT2D eigenvalue weighted by molar-refractivity contribution is 0.247. The summed E-state index contributed by atoms with van der Waals surface area (Å²) in [6, 6.07) is 18.9. The molecule has 2 nitrogen and oxygen atoms in total. The Kier molecular flexibility index (Phi) is 6.16. The Bertz CT molecular complexity index is 624. The van der Waals surface area contributed by atoms with Gasteiger partial charge in [0.2, 0.25) is 0 Å². The molecule has 3 heteroatoms. The fourth-order valence-corrected chi connectivity index (χ4v) is 2.76. The Morgan fingerprint density at radius 2 is 1.86 bits per heavy atom. The molecule has 2 rings (SSSR count). The lowest BCUT2D eigenvalue weighted by Crippen LogP contribution is -2.08. The van der Waals surface area contributed by atoms with Gasteiger partial charge in [0.05, 0.1) is 6.61 Å². The smallest absolute Gasteiger partial charge is 0.111 e. The van der Waals surface area contributed by atoms with Crippen LogP contribution in [0.25, 0.3) is 0 Å². The molecular formula is C19H21NOS. The number of hydrogen-bond acceptors (Lipinski definition) is 3. The third-order valence-electron chi connectivity index (χ3n) is 3.22. The molecule has 2 aromatic rings. The zero-order chi connectivity index (χ0) is 15.8. The van der Waals surface area contributed by atoms with Crippen molar-refractivity contribution in [3.63, 3.8) is 0 Å². The summed E-state index contributed by atoms with van der Waals surface area (Å²) in [6.07, 6.45) is 1.63. The first kappa shape index (κ1) is 16.2. The summed E-state index contributed by atoms with van der Waals surface area (Å²) in [5, 5.41) is 0. The highest BCUT2D eigenvalue weighted by Gasteiger charge is 2.04. The van der Waals surface area contributed by atoms with Crippen molar-refractivity contribution < 1.29 is 4.74 Å². The zero-order valence-electron chi connectivity index (χ0n) is 12.9. The minimum absolute atomic E-state index is 0.623. The van der Waals surface area contributed by atoms with Crippen LogP contribution in [0.3, 0.4) is 0 Å². The van der Waals surface area contributed by atoms with Crippen molar-refractivity contribution in [1.29, 1.82) is 0 Å². The van der Waals surface area contributed by atoms with E-state index in [1.54, 1.807) is 17.8 Å². The van der Waals surface area contributed by atoms with E-state index >= 15 is 0 Å². The average Bonchev–Trinajstić information content (AvgIpc) is 2.59. The monoisotopic (exact) mass is 311 g/mol. The summed E-state index contributed by atoms with van der Waals surface area (Å²) < 4.78 is 5.42. The quantitative estimate of drug-likeness (QED) is 0.285. The van der Waals surface area contributed by atoms with Gasteiger partial charge in [0, 0.05) is 29.1 Å². The number of rotatable bonds is 8. The molecule has 0 radical (unpaired) electrons. The molecule has 2 aromatic carbocycles. The van der Waals surface area contributed by atoms with Gasteiger partial charge in [0.1, 0.15) is 5.76 Å². The second-order valence-electron chi connectivity index (χ2n) is 4.76. The Morgan fingerprint density at radius 1 is 1.14 bits per heavy atom. The molecule has 0 heterocycles. The van der Waals surface area contributed by atoms with Crippen LogP contribution in [0.4, 0.5) is 11.4 Å². The van der Waals surface area contributed by atoms with Crippen LogP contribution < -0.4 is 4.90 Å². The van der Waals surface area contributed by atoms with Gasteiger partial charge in [0.15, 0.2) is 0 Å². The summed E-state index contributed by atoms with van der Waals surface area (Å²) in [7, 11) is 2.08. The number of ether oxygens (including phenoxy) is 1. The maximum absolute atomic E-state index is 5.42. The maximum Gasteiger partial charge on any atom is 0.111 e. The van der Waals surface area contributed by atoms with Gasteiger partial charge in [0.25, 0.3) is 0 Å². The highest BCUT2D eigenvalue weighted by Crippen LogP contribution is 2.27. The first-order chi connectivity index (χ1) is 10.7. The van der Waals surface area contributed by atoms with Crippen LogP contribution in [-0.2, 0) is 4.74 Å². The number of benzene rings is 2. The highest BCUT2D eigenvalue weighted by molar-refractivity contribution is 7.99. The van der Waals surface area contributed by atoms with Gasteiger partial charge < -0.3 is 9.64 Å². The fraction of sp³-hybridized carbons (Fsp3) is 0.158. The van der Waals surface area contributed by atoms with Crippen LogP contribution in [0.15, 0.2) is 84.5 Å². The molecule has 114 valence electrons. The van der Waals surface area contributed by atoms with Crippen molar-refractivity contribution in [3.8, 4) is 0 Å². The second kappa shape index (κ2) is 8.35. The SMILES string of the molecule is C=CC(=C)OCCSc1cccc(N(C)c2ccccc2)c1. The van der Waals surface area contributed by atoms with Crippen LogP contribution in [0, 0.1) is 0 Å². The molecule has 0 amide bonds. The minimum Gasteiger partial charge on any atom is -0.493 e. The molecule has 0 aliphatic carbocycles. The van der Waals surface area contributed by atoms with Gasteiger partial charge in [-0.25, -0.2) is 0 Å². The van der Waals surface area contributed by atoms with Crippen LogP contribution in [0.5, 0.6) is 0 Å². The van der Waals surface area contributed by atoms with E-state index in [1.807, 2.05) is 18.2 Å². The Balaban J connectivity index is 1.95. The van der Waals surface area contributed by atoms with E-state index in [9.17, 15) is 0 Å². The zero-order valence-corrected chi connectivity index (χ0v) is 13.7. The van der Waals surface area contributed by atoms with Crippen molar-refractivity contribution in [2.24, 2.45) is 0 Å². The van der Waals surface area contributed by atoms with Crippen LogP contribution in [0.2, 0.25) is 0 Å². The Labute approximate surface area is 137 Å². The summed E-state index contributed by atoms with van der Waals surface area (Å²) in [5.74, 6) is 1.50. The van der Waals surface area contributed by atoms with Crippen LogP contribution >= 0.6 is 11.8 Å². The first-order valence-corrected chi connectivity index (χ1v) is 8.15. The molecule has 0 aliphatic heterocycles. The molecule has 22 heavy (non-hydrogen) atoms. The van der Waals surface area contributed by atoms with Crippen molar-refractivity contribution in [1.82, 2.24) is 0 Å². The third kappa shape index (κ3) is 4.71. The van der Waals surface area contributed by atoms with E-state index in [0.717, 1.165) is 5.75 Å². The molecule has 0 saturated carbocycles. The number of para-hydroxylation sites is 1. The van der Waals surface area contributed by atoms with Crippen molar-refractivity contribution in [3.05, 3.63) is 79.6 Å². The van der Waals surface area contributed by atoms with Gasteiger partial charge >= 0.3 is 0 Å². The van der Waals surface area contributed by atoms with E-state index in [2.05, 4.69) is 61.5 Å². The molecule has 0 spiro atoms. The number of hydrogen-bond donors (Lipinski definition) is 0. The van der Waals surface area contributed by atoms with Crippen molar-refractivity contribution in [2.45, 2.75) is 4.90 Å². The summed E-state index contributed by atoms with van der Waals surface area (Å²) in [5.41, 5.74) is 2.35. The normalized spacial score (nSPS) is 10.0. The highest BCUT2D eigenvalue weighted by atomic mass is 32.2. The van der Waals surface area contributed by atoms with Crippen LogP contribution in [-0.4, -0.2) is 19.4 Å². The maximum atomic E-state index is 5.42. The number of thioether (sulfide) groups is 1. The molecule has 0 N–H and O–H groups in total. The molecule has 0 unspecified atom stereocenters. The van der Waals surface area contributed by atoms with Crippen molar-refractivity contribution >= 4 is 23.1 Å². The van der Waals surface area contributed by atoms with Gasteiger partial charge in [-0.15, -0.1) is 11.8 Å². The van der Waals surface area contributed by atoms with Gasteiger partial charge in [-0.05, 0) is 36.4 Å². The lowest BCUT2D eigenvalue weighted by atomic mass is 10.2. The molecular weight excluding hydrogens is 290 g/mol. The van der Waals surface area contributed by atoms with Crippen molar-refractivity contribution in [2.75, 3.05) is 24.3 Å². The van der Waals surface area contributed by atoms with E-state index in [-0.39, 0.29) is 0 Å². The molecule has 0 aromatic heterocycles. The molecule has 0 fully saturated rings. The Hall–Kier alpha value is -2.13. The largest absolute Gasteiger partial charge is 0.493 e. The second-order valence-corrected chi connectivity index (χ2v) is 5.93. The first-order valence-electron chi connectivity index (χ1n) is 7.16. The summed E-state index contributed by atoms with van der Waals surface area (Å²) >= 11 is 1.77. The lowest BCUT2D eigenvalue weighted by Gasteiger charge is -2.20. The van der Waals surface area contributed by atoms with Gasteiger partial charge in [-0.1, -0.05) is 37.4 Å². The molecule has 0 saturated heterocycles. The number of anilines is 2. The molecule has 0 atom stereocenters. The average molecular weight is 311 g/mol. The topological polar surface area (TPSA) is 12.5 Å². The van der Waals surface area contributed by atoms with Gasteiger partial charge in [-0.2, -0.15) is 0 Å². The van der Waals surface area contributed by atoms with E-state index in [4.69, 9.17) is 4.74 Å². The molecule has 0 bridgehead atoms. The number of nitrogens with zero attached hydrogens (tertiary/aromatic N) is 1. The predicted octanol–water partition coefficient (Wildman–Crippen LogP) is 5.26. The molecule has 0 aliphatic rings. The van der Waals surface area contributed by atoms with Crippen LogP contribution in [0.1, 0.15) is 0 Å². The summed E-state index contributed by atoms with van der Waals surface area (Å²) in [6.45, 7) is 7.99. The fourth-order valence-electron chi connectivity index (χ4n) is 1.97.